The van der Waals surface area contributed by atoms with Gasteiger partial charge in [-0.3, -0.25) is 9.69 Å². The Labute approximate surface area is 66.5 Å². The van der Waals surface area contributed by atoms with Crippen LogP contribution in [-0.2, 0) is 4.79 Å². The number of nitrogens with zero attached hydrogens (tertiary/aromatic N) is 1. The van der Waals surface area contributed by atoms with Crippen LogP contribution in [0.5, 0.6) is 0 Å². The summed E-state index contributed by atoms with van der Waals surface area (Å²) in [4.78, 5) is 12.6. The molecule has 0 aromatic carbocycles. The standard InChI is InChI=1S/C7H15N3O/c8-3-6-1-2-10(4-6)5-7(9)11/h6H,1-5,8H2,(H2,9,11)/t6-/m1/s1. The van der Waals surface area contributed by atoms with E-state index < -0.39 is 0 Å². The van der Waals surface area contributed by atoms with Crippen molar-refractivity contribution in [1.82, 2.24) is 4.90 Å². The number of likely N-dealkylation sites (tertiary alicyclic amines) is 1. The van der Waals surface area contributed by atoms with E-state index in [4.69, 9.17) is 11.5 Å². The zero-order valence-electron chi connectivity index (χ0n) is 6.62. The molecule has 1 aliphatic rings. The quantitative estimate of drug-likeness (QED) is 0.538. The summed E-state index contributed by atoms with van der Waals surface area (Å²) in [5, 5.41) is 0. The average molecular weight is 157 g/mol. The molecule has 4 nitrogen and oxygen atoms in total. The molecule has 4 N–H and O–H groups in total. The number of carbonyl (C=O) groups is 1. The Kier molecular flexibility index (Phi) is 2.84. The van der Waals surface area contributed by atoms with Crippen LogP contribution in [0.2, 0.25) is 0 Å². The van der Waals surface area contributed by atoms with Gasteiger partial charge in [-0.15, -0.1) is 0 Å². The van der Waals surface area contributed by atoms with Crippen molar-refractivity contribution >= 4 is 5.91 Å². The number of nitrogens with two attached hydrogens (primary N) is 2. The second kappa shape index (κ2) is 3.69. The van der Waals surface area contributed by atoms with Gasteiger partial charge in [0.1, 0.15) is 0 Å². The van der Waals surface area contributed by atoms with Gasteiger partial charge in [-0.1, -0.05) is 0 Å². The van der Waals surface area contributed by atoms with Crippen molar-refractivity contribution in [3.05, 3.63) is 0 Å². The largest absolute Gasteiger partial charge is 0.369 e. The third-order valence-corrected chi connectivity index (χ3v) is 2.08. The molecule has 1 amide bonds. The summed E-state index contributed by atoms with van der Waals surface area (Å²) in [6.07, 6.45) is 1.10. The summed E-state index contributed by atoms with van der Waals surface area (Å²) in [6.45, 7) is 3.00. The van der Waals surface area contributed by atoms with Crippen LogP contribution in [0, 0.1) is 5.92 Å². The maximum absolute atomic E-state index is 10.5. The Bertz CT molecular complexity index is 149. The molecule has 0 spiro atoms. The minimum Gasteiger partial charge on any atom is -0.369 e. The zero-order chi connectivity index (χ0) is 8.27. The lowest BCUT2D eigenvalue weighted by atomic mass is 10.1. The number of hydrogen-bond donors (Lipinski definition) is 2. The van der Waals surface area contributed by atoms with Gasteiger partial charge in [0.25, 0.3) is 0 Å². The molecule has 1 saturated heterocycles. The first-order valence-corrected chi connectivity index (χ1v) is 3.93. The molecule has 0 aromatic heterocycles. The Morgan fingerprint density at radius 3 is 2.82 bits per heavy atom. The van der Waals surface area contributed by atoms with E-state index in [1.807, 2.05) is 0 Å². The Hall–Kier alpha value is -0.610. The van der Waals surface area contributed by atoms with Crippen molar-refractivity contribution in [1.29, 1.82) is 0 Å². The first-order valence-electron chi connectivity index (χ1n) is 3.93. The molecular formula is C7H15N3O. The van der Waals surface area contributed by atoms with E-state index >= 15 is 0 Å². The van der Waals surface area contributed by atoms with Crippen molar-refractivity contribution in [2.45, 2.75) is 6.42 Å². The van der Waals surface area contributed by atoms with Gasteiger partial charge in [0.2, 0.25) is 5.91 Å². The number of carbonyl (C=O) groups excluding carboxylic acids is 1. The minimum atomic E-state index is -0.248. The van der Waals surface area contributed by atoms with Gasteiger partial charge >= 0.3 is 0 Å². The van der Waals surface area contributed by atoms with Crippen LogP contribution in [0.25, 0.3) is 0 Å². The van der Waals surface area contributed by atoms with Gasteiger partial charge in [-0.2, -0.15) is 0 Å². The second-order valence-electron chi connectivity index (χ2n) is 3.09. The van der Waals surface area contributed by atoms with E-state index in [0.717, 1.165) is 26.1 Å². The van der Waals surface area contributed by atoms with Gasteiger partial charge in [0.15, 0.2) is 0 Å². The number of rotatable bonds is 3. The van der Waals surface area contributed by atoms with Crippen molar-refractivity contribution in [2.75, 3.05) is 26.2 Å². The third-order valence-electron chi connectivity index (χ3n) is 2.08. The number of hydrogen-bond acceptors (Lipinski definition) is 3. The second-order valence-corrected chi connectivity index (χ2v) is 3.09. The molecule has 1 atom stereocenters. The summed E-state index contributed by atoms with van der Waals surface area (Å²) < 4.78 is 0. The first kappa shape index (κ1) is 8.49. The maximum atomic E-state index is 10.5. The van der Waals surface area contributed by atoms with E-state index in [2.05, 4.69) is 4.90 Å². The molecular weight excluding hydrogens is 142 g/mol. The highest BCUT2D eigenvalue weighted by atomic mass is 16.1. The van der Waals surface area contributed by atoms with Gasteiger partial charge in [-0.05, 0) is 25.4 Å². The fourth-order valence-electron chi connectivity index (χ4n) is 1.47. The average Bonchev–Trinajstić information content (AvgIpc) is 2.34. The third kappa shape index (κ3) is 2.48. The summed E-state index contributed by atoms with van der Waals surface area (Å²) in [6, 6.07) is 0. The van der Waals surface area contributed by atoms with Gasteiger partial charge in [0.05, 0.1) is 6.54 Å². The summed E-state index contributed by atoms with van der Waals surface area (Å²) in [5.41, 5.74) is 10.5. The molecule has 1 heterocycles. The van der Waals surface area contributed by atoms with Crippen molar-refractivity contribution in [3.63, 3.8) is 0 Å². The van der Waals surface area contributed by atoms with Gasteiger partial charge in [-0.25, -0.2) is 0 Å². The normalized spacial score (nSPS) is 25.7. The molecule has 0 aliphatic carbocycles. The number of primary amides is 1. The lowest BCUT2D eigenvalue weighted by Crippen LogP contribution is -2.32. The Morgan fingerprint density at radius 2 is 2.36 bits per heavy atom. The smallest absolute Gasteiger partial charge is 0.231 e. The summed E-state index contributed by atoms with van der Waals surface area (Å²) >= 11 is 0. The van der Waals surface area contributed by atoms with Gasteiger partial charge in [0, 0.05) is 6.54 Å². The van der Waals surface area contributed by atoms with Crippen molar-refractivity contribution < 1.29 is 4.79 Å². The number of amides is 1. The topological polar surface area (TPSA) is 72.3 Å². The fraction of sp³-hybridized carbons (Fsp3) is 0.857. The van der Waals surface area contributed by atoms with Gasteiger partial charge < -0.3 is 11.5 Å². The highest BCUT2D eigenvalue weighted by Gasteiger charge is 2.21. The van der Waals surface area contributed by atoms with E-state index in [0.29, 0.717) is 12.5 Å². The minimum absolute atomic E-state index is 0.248. The molecule has 64 valence electrons. The van der Waals surface area contributed by atoms with Crippen LogP contribution in [-0.4, -0.2) is 37.0 Å². The molecule has 0 aromatic rings. The molecule has 1 fully saturated rings. The molecule has 11 heavy (non-hydrogen) atoms. The van der Waals surface area contributed by atoms with Crippen LogP contribution in [0.15, 0.2) is 0 Å². The first-order chi connectivity index (χ1) is 5.22. The molecule has 4 heteroatoms. The van der Waals surface area contributed by atoms with E-state index in [1.54, 1.807) is 0 Å². The van der Waals surface area contributed by atoms with Crippen LogP contribution < -0.4 is 11.5 Å². The van der Waals surface area contributed by atoms with Crippen LogP contribution in [0.1, 0.15) is 6.42 Å². The van der Waals surface area contributed by atoms with E-state index in [1.165, 1.54) is 0 Å². The van der Waals surface area contributed by atoms with Crippen molar-refractivity contribution in [2.24, 2.45) is 17.4 Å². The van der Waals surface area contributed by atoms with E-state index in [-0.39, 0.29) is 5.91 Å². The molecule has 0 bridgehead atoms. The Balaban J connectivity index is 2.24. The summed E-state index contributed by atoms with van der Waals surface area (Å²) in [7, 11) is 0. The Morgan fingerprint density at radius 1 is 1.64 bits per heavy atom. The predicted molar refractivity (Wildman–Crippen MR) is 42.8 cm³/mol. The lowest BCUT2D eigenvalue weighted by Gasteiger charge is -2.12. The molecule has 1 aliphatic heterocycles. The predicted octanol–water partition coefficient (Wildman–Crippen LogP) is -1.25. The maximum Gasteiger partial charge on any atom is 0.231 e. The molecule has 0 unspecified atom stereocenters. The zero-order valence-corrected chi connectivity index (χ0v) is 6.62. The SMILES string of the molecule is NC[C@H]1CCN(CC(N)=O)C1. The van der Waals surface area contributed by atoms with Crippen molar-refractivity contribution in [3.8, 4) is 0 Å². The van der Waals surface area contributed by atoms with E-state index in [9.17, 15) is 4.79 Å². The monoisotopic (exact) mass is 157 g/mol. The molecule has 1 rings (SSSR count). The lowest BCUT2D eigenvalue weighted by molar-refractivity contribution is -0.118. The van der Waals surface area contributed by atoms with Crippen LogP contribution >= 0.6 is 0 Å². The molecule has 0 radical (unpaired) electrons. The highest BCUT2D eigenvalue weighted by Crippen LogP contribution is 2.13. The van der Waals surface area contributed by atoms with Crippen LogP contribution in [0.4, 0.5) is 0 Å². The molecule has 0 saturated carbocycles. The summed E-state index contributed by atoms with van der Waals surface area (Å²) in [5.74, 6) is 0.317. The fourth-order valence-corrected chi connectivity index (χ4v) is 1.47. The van der Waals surface area contributed by atoms with Crippen LogP contribution in [0.3, 0.4) is 0 Å². The highest BCUT2D eigenvalue weighted by molar-refractivity contribution is 5.75.